The maximum atomic E-state index is 13.6. The Morgan fingerprint density at radius 3 is 3.00 bits per heavy atom. The lowest BCUT2D eigenvalue weighted by Gasteiger charge is -2.05. The number of hydrogen-bond donors (Lipinski definition) is 2. The normalized spacial score (nSPS) is 11.2. The summed E-state index contributed by atoms with van der Waals surface area (Å²) in [4.78, 5) is 0. The van der Waals surface area contributed by atoms with Crippen LogP contribution in [0.5, 0.6) is 0 Å². The topological polar surface area (TPSA) is 90.3 Å². The van der Waals surface area contributed by atoms with Gasteiger partial charge in [-0.05, 0) is 29.8 Å². The number of rotatable bonds is 3. The van der Waals surface area contributed by atoms with E-state index in [1.807, 2.05) is 6.07 Å². The number of aryl methyl sites for hydroxylation is 1. The van der Waals surface area contributed by atoms with Crippen LogP contribution in [-0.2, 0) is 0 Å². The number of anilines is 1. The van der Waals surface area contributed by atoms with Gasteiger partial charge in [-0.15, -0.1) is 10.2 Å². The second kappa shape index (κ2) is 5.46. The predicted octanol–water partition coefficient (Wildman–Crippen LogP) is 2.28. The van der Waals surface area contributed by atoms with Gasteiger partial charge in [-0.3, -0.25) is 0 Å². The van der Waals surface area contributed by atoms with Crippen LogP contribution in [0.2, 0.25) is 5.02 Å². The van der Waals surface area contributed by atoms with Crippen molar-refractivity contribution in [1.82, 2.24) is 20.6 Å². The minimum absolute atomic E-state index is 0.116. The lowest BCUT2D eigenvalue weighted by molar-refractivity contribution is 0.630. The van der Waals surface area contributed by atoms with Crippen LogP contribution in [0.4, 0.5) is 10.1 Å². The quantitative estimate of drug-likeness (QED) is 0.841. The van der Waals surface area contributed by atoms with Crippen LogP contribution in [-0.4, -0.2) is 20.6 Å². The number of nitriles is 1. The molecule has 1 heterocycles. The number of benzene rings is 1. The summed E-state index contributed by atoms with van der Waals surface area (Å²) in [6.45, 7) is 1.70. The summed E-state index contributed by atoms with van der Waals surface area (Å²) in [5.74, 6) is -0.350. The zero-order valence-electron chi connectivity index (χ0n) is 9.78. The first-order chi connectivity index (χ1) is 9.11. The highest BCUT2D eigenvalue weighted by atomic mass is 35.5. The fraction of sp³-hybridized carbons (Fsp3) is 0.0909. The van der Waals surface area contributed by atoms with Crippen molar-refractivity contribution in [2.24, 2.45) is 0 Å². The van der Waals surface area contributed by atoms with Crippen molar-refractivity contribution < 1.29 is 4.39 Å². The largest absolute Gasteiger partial charge is 0.358 e. The van der Waals surface area contributed by atoms with Gasteiger partial charge in [0.1, 0.15) is 17.5 Å². The molecule has 0 unspecified atom stereocenters. The number of H-pyrrole nitrogens is 1. The van der Waals surface area contributed by atoms with Crippen molar-refractivity contribution in [3.8, 4) is 6.07 Å². The Morgan fingerprint density at radius 1 is 1.58 bits per heavy atom. The van der Waals surface area contributed by atoms with Crippen LogP contribution in [0.1, 0.15) is 11.4 Å². The molecule has 0 aliphatic heterocycles. The number of nitrogens with one attached hydrogen (secondary N) is 2. The predicted molar refractivity (Wildman–Crippen MR) is 67.5 cm³/mol. The molecule has 0 radical (unpaired) electrons. The van der Waals surface area contributed by atoms with Crippen molar-refractivity contribution in [3.63, 3.8) is 0 Å². The highest BCUT2D eigenvalue weighted by Crippen LogP contribution is 2.24. The monoisotopic (exact) mass is 278 g/mol. The molecule has 96 valence electrons. The number of nitrogens with zero attached hydrogens (tertiary/aromatic N) is 4. The molecule has 2 N–H and O–H groups in total. The van der Waals surface area contributed by atoms with Gasteiger partial charge in [-0.1, -0.05) is 11.6 Å². The maximum absolute atomic E-state index is 13.6. The van der Waals surface area contributed by atoms with E-state index in [1.54, 1.807) is 6.92 Å². The standard InChI is InChI=1S/C11H8ClFN6/c1-6-2-9(13)10(3-8(6)12)15-5-7(4-14)11-16-18-19-17-11/h2-3,5,15H,1H3,(H,16,17,18,19). The van der Waals surface area contributed by atoms with Crippen molar-refractivity contribution in [2.45, 2.75) is 6.92 Å². The SMILES string of the molecule is Cc1cc(F)c(NC=C(C#N)c2nn[nH]n2)cc1Cl. The van der Waals surface area contributed by atoms with Gasteiger partial charge < -0.3 is 5.32 Å². The van der Waals surface area contributed by atoms with E-state index in [4.69, 9.17) is 16.9 Å². The minimum Gasteiger partial charge on any atom is -0.358 e. The number of tetrazole rings is 1. The lowest BCUT2D eigenvalue weighted by Crippen LogP contribution is -1.96. The maximum Gasteiger partial charge on any atom is 0.216 e. The molecule has 0 amide bonds. The van der Waals surface area contributed by atoms with Gasteiger partial charge in [0.25, 0.3) is 0 Å². The van der Waals surface area contributed by atoms with Gasteiger partial charge in [0.15, 0.2) is 0 Å². The molecular weight excluding hydrogens is 271 g/mol. The van der Waals surface area contributed by atoms with Gasteiger partial charge in [0.2, 0.25) is 5.82 Å². The Hall–Kier alpha value is -2.46. The first-order valence-corrected chi connectivity index (χ1v) is 5.56. The summed E-state index contributed by atoms with van der Waals surface area (Å²) in [7, 11) is 0. The highest BCUT2D eigenvalue weighted by molar-refractivity contribution is 6.31. The second-order valence-corrected chi connectivity index (χ2v) is 4.04. The zero-order chi connectivity index (χ0) is 13.8. The Balaban J connectivity index is 2.27. The molecule has 0 spiro atoms. The molecule has 1 aromatic heterocycles. The van der Waals surface area contributed by atoms with Crippen LogP contribution < -0.4 is 5.32 Å². The highest BCUT2D eigenvalue weighted by Gasteiger charge is 2.08. The van der Waals surface area contributed by atoms with E-state index in [1.165, 1.54) is 18.3 Å². The molecule has 1 aromatic carbocycles. The van der Waals surface area contributed by atoms with Crippen molar-refractivity contribution in [3.05, 3.63) is 40.6 Å². The first-order valence-electron chi connectivity index (χ1n) is 5.18. The zero-order valence-corrected chi connectivity index (χ0v) is 10.5. The molecular formula is C11H8ClFN6. The van der Waals surface area contributed by atoms with Gasteiger partial charge in [-0.25, -0.2) is 4.39 Å². The molecule has 6 nitrogen and oxygen atoms in total. The van der Waals surface area contributed by atoms with Crippen LogP contribution in [0.25, 0.3) is 5.57 Å². The molecule has 2 rings (SSSR count). The Bertz CT molecular complexity index is 659. The number of allylic oxidation sites excluding steroid dienone is 1. The summed E-state index contributed by atoms with van der Waals surface area (Å²) < 4.78 is 13.6. The van der Waals surface area contributed by atoms with E-state index in [0.717, 1.165) is 0 Å². The summed E-state index contributed by atoms with van der Waals surface area (Å²) >= 11 is 5.90. The molecule has 8 heteroatoms. The summed E-state index contributed by atoms with van der Waals surface area (Å²) in [5, 5.41) is 24.9. The number of hydrogen-bond acceptors (Lipinski definition) is 5. The third kappa shape index (κ3) is 2.86. The van der Waals surface area contributed by atoms with Crippen LogP contribution in [0.3, 0.4) is 0 Å². The molecule has 2 aromatic rings. The van der Waals surface area contributed by atoms with Crippen molar-refractivity contribution >= 4 is 22.9 Å². The summed E-state index contributed by atoms with van der Waals surface area (Å²) in [6, 6.07) is 4.62. The van der Waals surface area contributed by atoms with Crippen molar-refractivity contribution in [2.75, 3.05) is 5.32 Å². The van der Waals surface area contributed by atoms with E-state index in [0.29, 0.717) is 10.6 Å². The molecule has 0 fully saturated rings. The second-order valence-electron chi connectivity index (χ2n) is 3.63. The Morgan fingerprint density at radius 2 is 2.37 bits per heavy atom. The van der Waals surface area contributed by atoms with Crippen LogP contribution in [0, 0.1) is 24.1 Å². The van der Waals surface area contributed by atoms with E-state index in [9.17, 15) is 4.39 Å². The van der Waals surface area contributed by atoms with Gasteiger partial charge >= 0.3 is 0 Å². The molecule has 0 atom stereocenters. The molecule has 0 aliphatic carbocycles. The average molecular weight is 279 g/mol. The smallest absolute Gasteiger partial charge is 0.216 e. The molecule has 0 saturated heterocycles. The average Bonchev–Trinajstić information content (AvgIpc) is 2.90. The third-order valence-corrected chi connectivity index (χ3v) is 2.73. The van der Waals surface area contributed by atoms with Gasteiger partial charge in [-0.2, -0.15) is 10.5 Å². The first kappa shape index (κ1) is 13.0. The minimum atomic E-state index is -0.469. The molecule has 0 aliphatic rings. The lowest BCUT2D eigenvalue weighted by atomic mass is 10.2. The number of halogens is 2. The fourth-order valence-corrected chi connectivity index (χ4v) is 1.49. The van der Waals surface area contributed by atoms with E-state index >= 15 is 0 Å². The molecule has 0 saturated carbocycles. The fourth-order valence-electron chi connectivity index (χ4n) is 1.33. The number of aromatic nitrogens is 4. The number of aromatic amines is 1. The van der Waals surface area contributed by atoms with Crippen LogP contribution >= 0.6 is 11.6 Å². The van der Waals surface area contributed by atoms with E-state index in [-0.39, 0.29) is 17.1 Å². The molecule has 19 heavy (non-hydrogen) atoms. The Labute approximate surface area is 112 Å². The van der Waals surface area contributed by atoms with E-state index in [2.05, 4.69) is 25.9 Å². The van der Waals surface area contributed by atoms with E-state index < -0.39 is 5.82 Å². The molecule has 0 bridgehead atoms. The summed E-state index contributed by atoms with van der Waals surface area (Å²) in [6.07, 6.45) is 1.29. The van der Waals surface area contributed by atoms with Crippen molar-refractivity contribution in [1.29, 1.82) is 5.26 Å². The Kier molecular flexibility index (Phi) is 3.73. The van der Waals surface area contributed by atoms with Crippen LogP contribution in [0.15, 0.2) is 18.3 Å². The van der Waals surface area contributed by atoms with Gasteiger partial charge in [0, 0.05) is 11.2 Å². The third-order valence-electron chi connectivity index (χ3n) is 2.33. The summed E-state index contributed by atoms with van der Waals surface area (Å²) in [5.41, 5.74) is 0.907. The van der Waals surface area contributed by atoms with Gasteiger partial charge in [0.05, 0.1) is 5.69 Å².